The zero-order chi connectivity index (χ0) is 27.4. The van der Waals surface area contributed by atoms with Crippen molar-refractivity contribution in [1.29, 1.82) is 0 Å². The van der Waals surface area contributed by atoms with E-state index in [9.17, 15) is 19.5 Å². The number of amides is 2. The van der Waals surface area contributed by atoms with E-state index >= 15 is 0 Å². The molecule has 3 N–H and O–H groups in total. The van der Waals surface area contributed by atoms with Crippen LogP contribution in [0.4, 0.5) is 11.4 Å². The Morgan fingerprint density at radius 3 is 1.87 bits per heavy atom. The largest absolute Gasteiger partial charge is 0.495 e. The summed E-state index contributed by atoms with van der Waals surface area (Å²) in [4.78, 5) is 41.0. The Balaban J connectivity index is 1.78. The minimum atomic E-state index is -1.71. The van der Waals surface area contributed by atoms with Crippen molar-refractivity contribution < 1.29 is 29.0 Å². The van der Waals surface area contributed by atoms with Crippen molar-refractivity contribution in [3.8, 4) is 11.5 Å². The van der Waals surface area contributed by atoms with Crippen molar-refractivity contribution in [2.45, 2.75) is 31.8 Å². The van der Waals surface area contributed by atoms with Gasteiger partial charge in [-0.25, -0.2) is 0 Å². The Morgan fingerprint density at radius 2 is 1.34 bits per heavy atom. The zero-order valence-electron chi connectivity index (χ0n) is 21.9. The van der Waals surface area contributed by atoms with Gasteiger partial charge in [0.15, 0.2) is 0 Å². The summed E-state index contributed by atoms with van der Waals surface area (Å²) in [5.74, 6) is -3.94. The molecule has 38 heavy (non-hydrogen) atoms. The molecular formula is C30H32N2O6. The highest BCUT2D eigenvalue weighted by Crippen LogP contribution is 2.47. The van der Waals surface area contributed by atoms with Gasteiger partial charge in [0.25, 0.3) is 0 Å². The van der Waals surface area contributed by atoms with Gasteiger partial charge in [0.2, 0.25) is 11.8 Å². The van der Waals surface area contributed by atoms with Crippen LogP contribution in [-0.4, -0.2) is 42.5 Å². The standard InChI is InChI=1S/C30H32N2O6/c1-18-13-15-19(16-14-18)25-26(28(34)31-20-9-5-7-11-23(20)37-3)22(33)17-30(2,36)27(25)29(35)32-21-10-6-8-12-24(21)38-4/h5-16,25-27,36H,17H2,1-4H3,(H,31,34)(H,32,35). The fraction of sp³-hybridized carbons (Fsp3) is 0.300. The van der Waals surface area contributed by atoms with Crippen LogP contribution in [0.15, 0.2) is 72.8 Å². The molecule has 4 atom stereocenters. The van der Waals surface area contributed by atoms with Crippen LogP contribution in [0.3, 0.4) is 0 Å². The maximum Gasteiger partial charge on any atom is 0.235 e. The van der Waals surface area contributed by atoms with Crippen LogP contribution >= 0.6 is 0 Å². The van der Waals surface area contributed by atoms with E-state index in [2.05, 4.69) is 10.6 Å². The van der Waals surface area contributed by atoms with E-state index in [-0.39, 0.29) is 6.42 Å². The average molecular weight is 517 g/mol. The number of para-hydroxylation sites is 4. The van der Waals surface area contributed by atoms with E-state index in [0.29, 0.717) is 28.4 Å². The lowest BCUT2D eigenvalue weighted by molar-refractivity contribution is -0.150. The number of aliphatic hydroxyl groups is 1. The summed E-state index contributed by atoms with van der Waals surface area (Å²) in [6.07, 6.45) is -0.358. The highest BCUT2D eigenvalue weighted by atomic mass is 16.5. The van der Waals surface area contributed by atoms with Gasteiger partial charge < -0.3 is 25.2 Å². The van der Waals surface area contributed by atoms with Crippen LogP contribution in [-0.2, 0) is 14.4 Å². The molecule has 1 saturated carbocycles. The third-order valence-corrected chi connectivity index (χ3v) is 7.02. The topological polar surface area (TPSA) is 114 Å². The molecule has 3 aromatic rings. The van der Waals surface area contributed by atoms with Gasteiger partial charge in [-0.2, -0.15) is 0 Å². The molecule has 0 heterocycles. The summed E-state index contributed by atoms with van der Waals surface area (Å²) in [5.41, 5.74) is 0.699. The molecule has 0 radical (unpaired) electrons. The van der Waals surface area contributed by atoms with E-state index in [4.69, 9.17) is 9.47 Å². The van der Waals surface area contributed by atoms with E-state index in [0.717, 1.165) is 5.56 Å². The lowest BCUT2D eigenvalue weighted by atomic mass is 9.61. The predicted octanol–water partition coefficient (Wildman–Crippen LogP) is 4.33. The van der Waals surface area contributed by atoms with Gasteiger partial charge in [-0.1, -0.05) is 54.1 Å². The lowest BCUT2D eigenvalue weighted by Gasteiger charge is -2.44. The molecular weight excluding hydrogens is 484 g/mol. The number of ether oxygens (including phenoxy) is 2. The first-order valence-electron chi connectivity index (χ1n) is 12.4. The Hall–Kier alpha value is -4.17. The molecule has 0 bridgehead atoms. The lowest BCUT2D eigenvalue weighted by Crippen LogP contribution is -2.56. The number of rotatable bonds is 7. The second-order valence-corrected chi connectivity index (χ2v) is 9.77. The fourth-order valence-electron chi connectivity index (χ4n) is 5.20. The highest BCUT2D eigenvalue weighted by molar-refractivity contribution is 6.11. The minimum absolute atomic E-state index is 0.358. The number of aryl methyl sites for hydroxylation is 1. The minimum Gasteiger partial charge on any atom is -0.495 e. The van der Waals surface area contributed by atoms with Crippen LogP contribution in [0, 0.1) is 18.8 Å². The van der Waals surface area contributed by atoms with Crippen molar-refractivity contribution in [1.82, 2.24) is 0 Å². The Labute approximate surface area is 222 Å². The molecule has 4 unspecified atom stereocenters. The maximum atomic E-state index is 13.8. The van der Waals surface area contributed by atoms with Crippen molar-refractivity contribution in [3.63, 3.8) is 0 Å². The maximum absolute atomic E-state index is 13.8. The first kappa shape index (κ1) is 26.9. The Kier molecular flexibility index (Phi) is 7.83. The summed E-state index contributed by atoms with van der Waals surface area (Å²) in [6.45, 7) is 3.39. The van der Waals surface area contributed by atoms with E-state index < -0.39 is 41.0 Å². The molecule has 1 aliphatic rings. The van der Waals surface area contributed by atoms with Gasteiger partial charge in [0.05, 0.1) is 37.1 Å². The monoisotopic (exact) mass is 516 g/mol. The first-order chi connectivity index (χ1) is 18.2. The van der Waals surface area contributed by atoms with Gasteiger partial charge >= 0.3 is 0 Å². The number of hydrogen-bond acceptors (Lipinski definition) is 6. The SMILES string of the molecule is COc1ccccc1NC(=O)C1C(=O)CC(C)(O)C(C(=O)Nc2ccccc2OC)C1c1ccc(C)cc1. The van der Waals surface area contributed by atoms with Crippen LogP contribution in [0.1, 0.15) is 30.4 Å². The van der Waals surface area contributed by atoms with Gasteiger partial charge in [0, 0.05) is 12.3 Å². The van der Waals surface area contributed by atoms with Gasteiger partial charge in [-0.15, -0.1) is 0 Å². The smallest absolute Gasteiger partial charge is 0.235 e. The normalized spacial score (nSPS) is 22.9. The fourth-order valence-corrected chi connectivity index (χ4v) is 5.20. The van der Waals surface area contributed by atoms with Crippen LogP contribution in [0.25, 0.3) is 0 Å². The van der Waals surface area contributed by atoms with E-state index in [1.807, 2.05) is 19.1 Å². The quantitative estimate of drug-likeness (QED) is 0.403. The third kappa shape index (κ3) is 5.40. The van der Waals surface area contributed by atoms with Crippen LogP contribution < -0.4 is 20.1 Å². The molecule has 3 aromatic carbocycles. The summed E-state index contributed by atoms with van der Waals surface area (Å²) in [5, 5.41) is 17.1. The number of carbonyl (C=O) groups is 3. The van der Waals surface area contributed by atoms with Crippen LogP contribution in [0.2, 0.25) is 0 Å². The summed E-state index contributed by atoms with van der Waals surface area (Å²) in [6, 6.07) is 21.1. The average Bonchev–Trinajstić information content (AvgIpc) is 2.88. The molecule has 0 spiro atoms. The number of benzene rings is 3. The predicted molar refractivity (Wildman–Crippen MR) is 144 cm³/mol. The Bertz CT molecular complexity index is 1330. The molecule has 198 valence electrons. The van der Waals surface area contributed by atoms with Gasteiger partial charge in [-0.3, -0.25) is 14.4 Å². The van der Waals surface area contributed by atoms with Crippen molar-refractivity contribution in [2.24, 2.45) is 11.8 Å². The molecule has 0 saturated heterocycles. The second-order valence-electron chi connectivity index (χ2n) is 9.77. The van der Waals surface area contributed by atoms with Crippen molar-refractivity contribution in [2.75, 3.05) is 24.9 Å². The number of methoxy groups -OCH3 is 2. The van der Waals surface area contributed by atoms with Gasteiger partial charge in [0.1, 0.15) is 23.2 Å². The molecule has 8 heteroatoms. The molecule has 1 fully saturated rings. The Morgan fingerprint density at radius 1 is 0.842 bits per heavy atom. The molecule has 8 nitrogen and oxygen atoms in total. The van der Waals surface area contributed by atoms with E-state index in [1.165, 1.54) is 21.1 Å². The zero-order valence-corrected chi connectivity index (χ0v) is 21.9. The van der Waals surface area contributed by atoms with Crippen LogP contribution in [0.5, 0.6) is 11.5 Å². The molecule has 4 rings (SSSR count). The summed E-state index contributed by atoms with van der Waals surface area (Å²) >= 11 is 0. The van der Waals surface area contributed by atoms with Gasteiger partial charge in [-0.05, 0) is 43.7 Å². The number of carbonyl (C=O) groups excluding carboxylic acids is 3. The highest BCUT2D eigenvalue weighted by Gasteiger charge is 2.56. The number of Topliss-reactive ketones (excluding diaryl/α,β-unsaturated/α-hetero) is 1. The molecule has 0 aromatic heterocycles. The van der Waals surface area contributed by atoms with E-state index in [1.54, 1.807) is 60.7 Å². The third-order valence-electron chi connectivity index (χ3n) is 7.02. The number of hydrogen-bond donors (Lipinski definition) is 3. The molecule has 0 aliphatic heterocycles. The summed E-state index contributed by atoms with van der Waals surface area (Å²) in [7, 11) is 2.98. The van der Waals surface area contributed by atoms with Crippen molar-refractivity contribution >= 4 is 29.0 Å². The summed E-state index contributed by atoms with van der Waals surface area (Å²) < 4.78 is 10.7. The molecule has 1 aliphatic carbocycles. The number of anilines is 2. The number of ketones is 1. The molecule has 2 amide bonds. The number of nitrogens with one attached hydrogen (secondary N) is 2. The first-order valence-corrected chi connectivity index (χ1v) is 12.4. The van der Waals surface area contributed by atoms with Crippen molar-refractivity contribution in [3.05, 3.63) is 83.9 Å². The second kappa shape index (κ2) is 11.1.